The van der Waals surface area contributed by atoms with E-state index in [0.29, 0.717) is 29.3 Å². The summed E-state index contributed by atoms with van der Waals surface area (Å²) < 4.78 is 5.19. The van der Waals surface area contributed by atoms with Crippen molar-refractivity contribution in [3.8, 4) is 5.75 Å². The number of hydrogen-bond acceptors (Lipinski definition) is 4. The van der Waals surface area contributed by atoms with Gasteiger partial charge in [0, 0.05) is 12.1 Å². The zero-order valence-corrected chi connectivity index (χ0v) is 15.9. The van der Waals surface area contributed by atoms with Crippen molar-refractivity contribution in [3.05, 3.63) is 70.3 Å². The maximum atomic E-state index is 12.7. The van der Waals surface area contributed by atoms with Crippen molar-refractivity contribution in [2.45, 2.75) is 19.4 Å². The predicted molar refractivity (Wildman–Crippen MR) is 104 cm³/mol. The first-order valence-corrected chi connectivity index (χ1v) is 9.04. The first-order chi connectivity index (χ1) is 13.0. The van der Waals surface area contributed by atoms with Crippen LogP contribution in [-0.2, 0) is 9.59 Å². The SMILES string of the molecule is CCCN1C(=O)C(=O)/C(=C(\O)c2ccc(Cl)c(OC)c2)C1c1ccccc1. The van der Waals surface area contributed by atoms with Gasteiger partial charge in [0.2, 0.25) is 0 Å². The molecular weight excluding hydrogens is 366 g/mol. The Kier molecular flexibility index (Phi) is 5.51. The van der Waals surface area contributed by atoms with E-state index < -0.39 is 17.7 Å². The number of amides is 1. The summed E-state index contributed by atoms with van der Waals surface area (Å²) >= 11 is 6.05. The largest absolute Gasteiger partial charge is 0.507 e. The molecule has 0 aromatic heterocycles. The highest BCUT2D eigenvalue weighted by Gasteiger charge is 2.45. The fourth-order valence-electron chi connectivity index (χ4n) is 3.30. The van der Waals surface area contributed by atoms with Gasteiger partial charge in [-0.05, 0) is 30.2 Å². The molecule has 1 fully saturated rings. The molecule has 5 nitrogen and oxygen atoms in total. The van der Waals surface area contributed by atoms with E-state index in [0.717, 1.165) is 5.56 Å². The molecule has 27 heavy (non-hydrogen) atoms. The lowest BCUT2D eigenvalue weighted by molar-refractivity contribution is -0.139. The normalized spacial score (nSPS) is 18.8. The number of carbonyl (C=O) groups is 2. The number of carbonyl (C=O) groups excluding carboxylic acids is 2. The van der Waals surface area contributed by atoms with Crippen LogP contribution in [0.15, 0.2) is 54.1 Å². The van der Waals surface area contributed by atoms with Crippen LogP contribution in [0.2, 0.25) is 5.02 Å². The fourth-order valence-corrected chi connectivity index (χ4v) is 3.49. The third kappa shape index (κ3) is 3.43. The summed E-state index contributed by atoms with van der Waals surface area (Å²) in [5, 5.41) is 11.3. The van der Waals surface area contributed by atoms with Gasteiger partial charge in [-0.25, -0.2) is 0 Å². The van der Waals surface area contributed by atoms with Crippen molar-refractivity contribution in [1.82, 2.24) is 4.90 Å². The van der Waals surface area contributed by atoms with E-state index in [2.05, 4.69) is 0 Å². The molecule has 1 heterocycles. The molecule has 2 aromatic rings. The van der Waals surface area contributed by atoms with Gasteiger partial charge in [-0.3, -0.25) is 9.59 Å². The summed E-state index contributed by atoms with van der Waals surface area (Å²) in [5.74, 6) is -1.16. The molecule has 140 valence electrons. The first-order valence-electron chi connectivity index (χ1n) is 8.66. The molecule has 6 heteroatoms. The Morgan fingerprint density at radius 3 is 2.52 bits per heavy atom. The van der Waals surface area contributed by atoms with Crippen LogP contribution >= 0.6 is 11.6 Å². The number of benzene rings is 2. The number of nitrogens with zero attached hydrogens (tertiary/aromatic N) is 1. The Morgan fingerprint density at radius 1 is 1.19 bits per heavy atom. The lowest BCUT2D eigenvalue weighted by Crippen LogP contribution is -2.30. The number of aliphatic hydroxyl groups excluding tert-OH is 1. The van der Waals surface area contributed by atoms with Crippen LogP contribution in [0.3, 0.4) is 0 Å². The topological polar surface area (TPSA) is 66.8 Å². The van der Waals surface area contributed by atoms with E-state index >= 15 is 0 Å². The van der Waals surface area contributed by atoms with Gasteiger partial charge in [0.05, 0.1) is 23.7 Å². The van der Waals surface area contributed by atoms with Crippen LogP contribution in [0.5, 0.6) is 5.75 Å². The van der Waals surface area contributed by atoms with Crippen molar-refractivity contribution in [2.75, 3.05) is 13.7 Å². The van der Waals surface area contributed by atoms with Gasteiger partial charge in [-0.2, -0.15) is 0 Å². The molecule has 0 bridgehead atoms. The van der Waals surface area contributed by atoms with Crippen molar-refractivity contribution in [3.63, 3.8) is 0 Å². The van der Waals surface area contributed by atoms with Crippen LogP contribution in [0.25, 0.3) is 5.76 Å². The zero-order chi connectivity index (χ0) is 19.6. The second kappa shape index (κ2) is 7.84. The highest BCUT2D eigenvalue weighted by Crippen LogP contribution is 2.40. The first kappa shape index (κ1) is 19.0. The number of likely N-dealkylation sites (tertiary alicyclic amines) is 1. The fraction of sp³-hybridized carbons (Fsp3) is 0.238. The molecule has 1 saturated heterocycles. The maximum absolute atomic E-state index is 12.7. The Hall–Kier alpha value is -2.79. The van der Waals surface area contributed by atoms with Gasteiger partial charge >= 0.3 is 0 Å². The Labute approximate surface area is 162 Å². The maximum Gasteiger partial charge on any atom is 0.295 e. The molecule has 1 amide bonds. The molecule has 0 radical (unpaired) electrons. The second-order valence-electron chi connectivity index (χ2n) is 6.25. The molecule has 1 atom stereocenters. The molecule has 1 N–H and O–H groups in total. The van der Waals surface area contributed by atoms with E-state index in [1.165, 1.54) is 12.0 Å². The van der Waals surface area contributed by atoms with E-state index in [1.807, 2.05) is 37.3 Å². The second-order valence-corrected chi connectivity index (χ2v) is 6.66. The smallest absolute Gasteiger partial charge is 0.295 e. The number of ketones is 1. The lowest BCUT2D eigenvalue weighted by atomic mass is 9.95. The summed E-state index contributed by atoms with van der Waals surface area (Å²) in [6.45, 7) is 2.36. The molecule has 0 saturated carbocycles. The summed E-state index contributed by atoms with van der Waals surface area (Å²) in [5.41, 5.74) is 1.21. The van der Waals surface area contributed by atoms with E-state index in [1.54, 1.807) is 18.2 Å². The average Bonchev–Trinajstić information content (AvgIpc) is 2.94. The van der Waals surface area contributed by atoms with Gasteiger partial charge in [0.15, 0.2) is 0 Å². The number of hydrogen-bond donors (Lipinski definition) is 1. The highest BCUT2D eigenvalue weighted by molar-refractivity contribution is 6.46. The van der Waals surface area contributed by atoms with Crippen LogP contribution in [0.1, 0.15) is 30.5 Å². The molecule has 1 unspecified atom stereocenters. The number of aliphatic hydroxyl groups is 1. The summed E-state index contributed by atoms with van der Waals surface area (Å²) in [6, 6.07) is 13.3. The third-order valence-corrected chi connectivity index (χ3v) is 4.86. The Balaban J connectivity index is 2.19. The molecule has 1 aliphatic rings. The number of methoxy groups -OCH3 is 1. The van der Waals surface area contributed by atoms with E-state index in [9.17, 15) is 14.7 Å². The molecule has 1 aliphatic heterocycles. The van der Waals surface area contributed by atoms with Gasteiger partial charge in [0.1, 0.15) is 11.5 Å². The van der Waals surface area contributed by atoms with E-state index in [4.69, 9.17) is 16.3 Å². The van der Waals surface area contributed by atoms with Crippen LogP contribution in [-0.4, -0.2) is 35.4 Å². The van der Waals surface area contributed by atoms with Gasteiger partial charge in [-0.15, -0.1) is 0 Å². The van der Waals surface area contributed by atoms with Gasteiger partial charge in [0.25, 0.3) is 11.7 Å². The van der Waals surface area contributed by atoms with Crippen LogP contribution in [0.4, 0.5) is 0 Å². The molecule has 3 rings (SSSR count). The average molecular weight is 386 g/mol. The van der Waals surface area contributed by atoms with Gasteiger partial charge in [-0.1, -0.05) is 48.9 Å². The van der Waals surface area contributed by atoms with Crippen molar-refractivity contribution < 1.29 is 19.4 Å². The lowest BCUT2D eigenvalue weighted by Gasteiger charge is -2.24. The van der Waals surface area contributed by atoms with Crippen molar-refractivity contribution in [1.29, 1.82) is 0 Å². The summed E-state index contributed by atoms with van der Waals surface area (Å²) in [6.07, 6.45) is 0.700. The Morgan fingerprint density at radius 2 is 1.89 bits per heavy atom. The molecule has 0 aliphatic carbocycles. The Bertz CT molecular complexity index is 908. The molecule has 2 aromatic carbocycles. The third-order valence-electron chi connectivity index (χ3n) is 4.54. The molecular formula is C21H20ClNO4. The zero-order valence-electron chi connectivity index (χ0n) is 15.1. The minimum Gasteiger partial charge on any atom is -0.507 e. The predicted octanol–water partition coefficient (Wildman–Crippen LogP) is 4.18. The highest BCUT2D eigenvalue weighted by atomic mass is 35.5. The van der Waals surface area contributed by atoms with Gasteiger partial charge < -0.3 is 14.7 Å². The number of ether oxygens (including phenoxy) is 1. The van der Waals surface area contributed by atoms with Crippen molar-refractivity contribution >= 4 is 29.1 Å². The minimum atomic E-state index is -0.691. The number of rotatable bonds is 5. The standard InChI is InChI=1S/C21H20ClNO4/c1-3-11-23-18(13-7-5-4-6-8-13)17(20(25)21(23)26)19(24)14-9-10-15(22)16(12-14)27-2/h4-10,12,18,24H,3,11H2,1-2H3/b19-17-. The van der Waals surface area contributed by atoms with E-state index in [-0.39, 0.29) is 11.3 Å². The number of halogens is 1. The van der Waals surface area contributed by atoms with Crippen LogP contribution < -0.4 is 4.74 Å². The van der Waals surface area contributed by atoms with Crippen LogP contribution in [0, 0.1) is 0 Å². The number of Topliss-reactive ketones (excluding diaryl/α,β-unsaturated/α-hetero) is 1. The minimum absolute atomic E-state index is 0.0732. The monoisotopic (exact) mass is 385 g/mol. The molecule has 0 spiro atoms. The summed E-state index contributed by atoms with van der Waals surface area (Å²) in [4.78, 5) is 26.8. The summed E-state index contributed by atoms with van der Waals surface area (Å²) in [7, 11) is 1.47. The quantitative estimate of drug-likeness (QED) is 0.476. The van der Waals surface area contributed by atoms with Crippen molar-refractivity contribution in [2.24, 2.45) is 0 Å².